The molecule has 2 aromatic carbocycles. The monoisotopic (exact) mass is 541 g/mol. The Morgan fingerprint density at radius 3 is 2.59 bits per heavy atom. The van der Waals surface area contributed by atoms with Gasteiger partial charge in [-0.05, 0) is 53.4 Å². The maximum atomic E-state index is 13.1. The summed E-state index contributed by atoms with van der Waals surface area (Å²) in [6.07, 6.45) is 5.54. The molecule has 1 unspecified atom stereocenters. The highest BCUT2D eigenvalue weighted by molar-refractivity contribution is 6.31. The van der Waals surface area contributed by atoms with Crippen molar-refractivity contribution in [3.8, 4) is 0 Å². The molecule has 0 spiro atoms. The normalized spacial score (nSPS) is 11.7. The first-order valence-electron chi connectivity index (χ1n) is 12.1. The number of hydrogen-bond donors (Lipinski definition) is 2. The van der Waals surface area contributed by atoms with Gasteiger partial charge < -0.3 is 14.6 Å². The molecule has 10 heteroatoms. The molecular formula is C29H24ClN5O4. The number of amides is 1. The Hall–Kier alpha value is -4.76. The van der Waals surface area contributed by atoms with Gasteiger partial charge in [-0.2, -0.15) is 5.10 Å². The van der Waals surface area contributed by atoms with Crippen molar-refractivity contribution < 1.29 is 14.3 Å². The highest BCUT2D eigenvalue weighted by Gasteiger charge is 2.27. The first-order valence-corrected chi connectivity index (χ1v) is 12.5. The van der Waals surface area contributed by atoms with Crippen LogP contribution in [0.25, 0.3) is 10.9 Å². The van der Waals surface area contributed by atoms with Crippen LogP contribution in [0.15, 0.2) is 90.1 Å². The molecule has 0 saturated carbocycles. The maximum absolute atomic E-state index is 13.1. The number of aromatic amines is 1. The van der Waals surface area contributed by atoms with E-state index in [4.69, 9.17) is 16.3 Å². The summed E-state index contributed by atoms with van der Waals surface area (Å²) in [6.45, 7) is 0.481. The second-order valence-corrected chi connectivity index (χ2v) is 9.41. The summed E-state index contributed by atoms with van der Waals surface area (Å²) in [5.74, 6) is -1.20. The molecule has 5 rings (SSSR count). The number of esters is 1. The van der Waals surface area contributed by atoms with Crippen molar-refractivity contribution >= 4 is 34.4 Å². The number of nitrogens with one attached hydrogen (secondary N) is 2. The molecule has 0 aliphatic rings. The van der Waals surface area contributed by atoms with Gasteiger partial charge in [0.25, 0.3) is 11.5 Å². The number of carbonyl (C=O) groups is 2. The number of pyridine rings is 2. The third-order valence-electron chi connectivity index (χ3n) is 6.28. The first kappa shape index (κ1) is 25.9. The number of nitrogens with zero attached hydrogens (tertiary/aromatic N) is 3. The number of carbonyl (C=O) groups excluding carboxylic acids is 2. The molecule has 0 radical (unpaired) electrons. The lowest BCUT2D eigenvalue weighted by atomic mass is 10.0. The Morgan fingerprint density at radius 1 is 1.03 bits per heavy atom. The molecule has 1 atom stereocenters. The zero-order valence-corrected chi connectivity index (χ0v) is 21.7. The van der Waals surface area contributed by atoms with E-state index in [0.29, 0.717) is 34.5 Å². The first-order chi connectivity index (χ1) is 18.9. The van der Waals surface area contributed by atoms with Gasteiger partial charge in [-0.3, -0.25) is 19.7 Å². The average molecular weight is 542 g/mol. The molecule has 0 aliphatic carbocycles. The quantitative estimate of drug-likeness (QED) is 0.286. The van der Waals surface area contributed by atoms with Gasteiger partial charge in [-0.25, -0.2) is 4.79 Å². The van der Waals surface area contributed by atoms with Crippen LogP contribution in [0, 0.1) is 0 Å². The standard InChI is InChI=1S/C29H24ClN5O4/c1-39-29(38)26(32-28(37)27-23-14-22(30)9-10-24(23)33-34-27)21-13-20(15-31-16-21)12-18-5-7-19(8-6-18)17-35-11-3-2-4-25(35)36/h2-11,13-16,26H,12,17H2,1H3,(H,32,37)(H,33,34). The topological polar surface area (TPSA) is 119 Å². The predicted octanol–water partition coefficient (Wildman–Crippen LogP) is 4.06. The minimum atomic E-state index is -1.09. The number of halogens is 1. The average Bonchev–Trinajstić information content (AvgIpc) is 3.37. The van der Waals surface area contributed by atoms with Crippen molar-refractivity contribution in [3.63, 3.8) is 0 Å². The van der Waals surface area contributed by atoms with E-state index in [1.54, 1.807) is 41.2 Å². The largest absolute Gasteiger partial charge is 0.467 e. The number of rotatable bonds is 8. The Bertz CT molecular complexity index is 1710. The van der Waals surface area contributed by atoms with Crippen molar-refractivity contribution in [1.82, 2.24) is 25.1 Å². The molecule has 5 aromatic rings. The molecule has 0 fully saturated rings. The number of benzene rings is 2. The second kappa shape index (κ2) is 11.3. The molecule has 1 amide bonds. The van der Waals surface area contributed by atoms with Crippen molar-refractivity contribution in [2.75, 3.05) is 7.11 Å². The van der Waals surface area contributed by atoms with Crippen LogP contribution in [-0.2, 0) is 22.5 Å². The predicted molar refractivity (Wildman–Crippen MR) is 147 cm³/mol. The molecule has 9 nitrogen and oxygen atoms in total. The zero-order chi connectivity index (χ0) is 27.4. The fourth-order valence-electron chi connectivity index (χ4n) is 4.30. The van der Waals surface area contributed by atoms with Gasteiger partial charge in [-0.1, -0.05) is 41.9 Å². The molecule has 0 saturated heterocycles. The van der Waals surface area contributed by atoms with E-state index in [0.717, 1.165) is 16.7 Å². The number of H-pyrrole nitrogens is 1. The fourth-order valence-corrected chi connectivity index (χ4v) is 4.48. The minimum absolute atomic E-state index is 0.0546. The molecule has 0 bridgehead atoms. The van der Waals surface area contributed by atoms with E-state index in [2.05, 4.69) is 20.5 Å². The summed E-state index contributed by atoms with van der Waals surface area (Å²) in [6, 6.07) is 18.8. The lowest BCUT2D eigenvalue weighted by molar-refractivity contribution is -0.143. The number of aromatic nitrogens is 4. The van der Waals surface area contributed by atoms with Crippen LogP contribution in [-0.4, -0.2) is 38.7 Å². The number of hydrogen-bond acceptors (Lipinski definition) is 6. The zero-order valence-electron chi connectivity index (χ0n) is 20.9. The Morgan fingerprint density at radius 2 is 1.82 bits per heavy atom. The molecule has 2 N–H and O–H groups in total. The van der Waals surface area contributed by atoms with Crippen LogP contribution in [0.1, 0.15) is 38.8 Å². The summed E-state index contributed by atoms with van der Waals surface area (Å²) in [5, 5.41) is 10.6. The van der Waals surface area contributed by atoms with Gasteiger partial charge in [0.05, 0.1) is 19.2 Å². The highest BCUT2D eigenvalue weighted by Crippen LogP contribution is 2.23. The van der Waals surface area contributed by atoms with Gasteiger partial charge in [0.2, 0.25) is 0 Å². The van der Waals surface area contributed by atoms with Gasteiger partial charge in [0, 0.05) is 40.6 Å². The molecule has 3 aromatic heterocycles. The Balaban J connectivity index is 1.33. The lowest BCUT2D eigenvalue weighted by Crippen LogP contribution is -2.35. The second-order valence-electron chi connectivity index (χ2n) is 8.98. The fraction of sp³-hybridized carbons (Fsp3) is 0.138. The molecule has 196 valence electrons. The third-order valence-corrected chi connectivity index (χ3v) is 6.52. The van der Waals surface area contributed by atoms with Crippen molar-refractivity contribution in [3.05, 3.63) is 129 Å². The van der Waals surface area contributed by atoms with Gasteiger partial charge in [-0.15, -0.1) is 0 Å². The van der Waals surface area contributed by atoms with E-state index in [9.17, 15) is 14.4 Å². The summed E-state index contributed by atoms with van der Waals surface area (Å²) < 4.78 is 6.61. The van der Waals surface area contributed by atoms with Crippen LogP contribution in [0.2, 0.25) is 5.02 Å². The Labute approximate surface area is 228 Å². The maximum Gasteiger partial charge on any atom is 0.333 e. The van der Waals surface area contributed by atoms with E-state index in [1.165, 1.54) is 19.4 Å². The highest BCUT2D eigenvalue weighted by atomic mass is 35.5. The van der Waals surface area contributed by atoms with Crippen LogP contribution in [0.4, 0.5) is 0 Å². The SMILES string of the molecule is COC(=O)C(NC(=O)c1n[nH]c2ccc(Cl)cc12)c1cncc(Cc2ccc(Cn3ccccc3=O)cc2)c1. The van der Waals surface area contributed by atoms with Crippen LogP contribution >= 0.6 is 11.6 Å². The van der Waals surface area contributed by atoms with Crippen molar-refractivity contribution in [2.45, 2.75) is 19.0 Å². The third kappa shape index (κ3) is 5.89. The van der Waals surface area contributed by atoms with E-state index < -0.39 is 17.9 Å². The minimum Gasteiger partial charge on any atom is -0.467 e. The number of ether oxygens (including phenoxy) is 1. The Kier molecular flexibility index (Phi) is 7.51. The molecule has 3 heterocycles. The molecular weight excluding hydrogens is 518 g/mol. The van der Waals surface area contributed by atoms with E-state index in [-0.39, 0.29) is 11.3 Å². The molecule has 0 aliphatic heterocycles. The molecule has 39 heavy (non-hydrogen) atoms. The number of fused-ring (bicyclic) bond motifs is 1. The lowest BCUT2D eigenvalue weighted by Gasteiger charge is -2.17. The summed E-state index contributed by atoms with van der Waals surface area (Å²) in [5.41, 5.74) is 4.05. The van der Waals surface area contributed by atoms with Gasteiger partial charge >= 0.3 is 5.97 Å². The smallest absolute Gasteiger partial charge is 0.333 e. The van der Waals surface area contributed by atoms with E-state index >= 15 is 0 Å². The number of methoxy groups -OCH3 is 1. The van der Waals surface area contributed by atoms with Gasteiger partial charge in [0.1, 0.15) is 0 Å². The van der Waals surface area contributed by atoms with Crippen LogP contribution in [0.5, 0.6) is 0 Å². The van der Waals surface area contributed by atoms with Crippen molar-refractivity contribution in [2.24, 2.45) is 0 Å². The summed E-state index contributed by atoms with van der Waals surface area (Å²) >= 11 is 6.09. The van der Waals surface area contributed by atoms with Crippen LogP contribution in [0.3, 0.4) is 0 Å². The van der Waals surface area contributed by atoms with Crippen LogP contribution < -0.4 is 10.9 Å². The van der Waals surface area contributed by atoms with Crippen molar-refractivity contribution in [1.29, 1.82) is 0 Å². The summed E-state index contributed by atoms with van der Waals surface area (Å²) in [4.78, 5) is 42.1. The van der Waals surface area contributed by atoms with Gasteiger partial charge in [0.15, 0.2) is 11.7 Å². The summed E-state index contributed by atoms with van der Waals surface area (Å²) in [7, 11) is 1.26. The van der Waals surface area contributed by atoms with E-state index in [1.807, 2.05) is 36.4 Å².